The van der Waals surface area contributed by atoms with Crippen molar-refractivity contribution in [2.24, 2.45) is 52.4 Å². The number of imidazole rings is 1. The van der Waals surface area contributed by atoms with Gasteiger partial charge in [0.2, 0.25) is 5.95 Å². The van der Waals surface area contributed by atoms with Gasteiger partial charge in [0.15, 0.2) is 0 Å². The van der Waals surface area contributed by atoms with Gasteiger partial charge in [-0.2, -0.15) is 0 Å². The minimum atomic E-state index is -0.854. The number of hydrogen-bond donors (Lipinski definition) is 3. The van der Waals surface area contributed by atoms with Crippen LogP contribution in [0.15, 0.2) is 55.4 Å². The molecule has 6 nitrogen and oxygen atoms in total. The number of fused-ring (bicyclic) bond motifs is 7. The summed E-state index contributed by atoms with van der Waals surface area (Å²) >= 11 is 0. The Morgan fingerprint density at radius 3 is 2.35 bits per heavy atom. The SMILES string of the molecule is C=CC.Cn1ccnc1NCCNC12CCCC1C1CCC3C4(C)CC=C(c5ccc(C(=O)O)cc5)C(C)(C)C4CCC3(C)[C@]1(C)CC2. The van der Waals surface area contributed by atoms with Gasteiger partial charge in [-0.3, -0.25) is 0 Å². The van der Waals surface area contributed by atoms with Crippen LogP contribution in [-0.4, -0.2) is 39.3 Å². The van der Waals surface area contributed by atoms with Crippen LogP contribution in [0.3, 0.4) is 0 Å². The number of aromatic nitrogens is 2. The van der Waals surface area contributed by atoms with Crippen LogP contribution in [0.4, 0.5) is 5.95 Å². The summed E-state index contributed by atoms with van der Waals surface area (Å²) in [5, 5.41) is 17.1. The van der Waals surface area contributed by atoms with Gasteiger partial charge in [-0.15, -0.1) is 6.58 Å². The lowest BCUT2D eigenvalue weighted by molar-refractivity contribution is -0.216. The first kappa shape index (κ1) is 35.0. The van der Waals surface area contributed by atoms with Crippen molar-refractivity contribution in [3.8, 4) is 0 Å². The number of carboxylic acids is 1. The number of carboxylic acid groups (broad SMARTS) is 1. The summed E-state index contributed by atoms with van der Waals surface area (Å²) in [7, 11) is 2.05. The first-order chi connectivity index (χ1) is 22.8. The molecule has 1 aromatic heterocycles. The Bertz CT molecular complexity index is 1520. The van der Waals surface area contributed by atoms with Crippen molar-refractivity contribution in [2.75, 3.05) is 18.4 Å². The molecule has 0 aliphatic heterocycles. The largest absolute Gasteiger partial charge is 0.478 e. The number of allylic oxidation sites excluding steroid dienone is 3. The molecular formula is C42H62N4O2. The van der Waals surface area contributed by atoms with E-state index >= 15 is 0 Å². The Morgan fingerprint density at radius 2 is 1.69 bits per heavy atom. The molecule has 262 valence electrons. The third-order valence-corrected chi connectivity index (χ3v) is 15.1. The molecule has 0 amide bonds. The molecule has 4 saturated carbocycles. The van der Waals surface area contributed by atoms with Gasteiger partial charge in [0.05, 0.1) is 5.56 Å². The van der Waals surface area contributed by atoms with Crippen LogP contribution >= 0.6 is 0 Å². The molecule has 0 bridgehead atoms. The van der Waals surface area contributed by atoms with Crippen LogP contribution in [0.1, 0.15) is 122 Å². The third kappa shape index (κ3) is 5.40. The third-order valence-electron chi connectivity index (χ3n) is 15.1. The highest BCUT2D eigenvalue weighted by Crippen LogP contribution is 2.76. The van der Waals surface area contributed by atoms with E-state index < -0.39 is 5.97 Å². The van der Waals surface area contributed by atoms with E-state index in [2.05, 4.69) is 67.5 Å². The zero-order valence-corrected chi connectivity index (χ0v) is 30.9. The fourth-order valence-corrected chi connectivity index (χ4v) is 12.8. The molecule has 0 spiro atoms. The van der Waals surface area contributed by atoms with E-state index in [1.807, 2.05) is 38.5 Å². The molecule has 1 aromatic carbocycles. The average Bonchev–Trinajstić information content (AvgIpc) is 3.66. The molecule has 4 fully saturated rings. The van der Waals surface area contributed by atoms with Gasteiger partial charge in [-0.1, -0.05) is 65.3 Å². The summed E-state index contributed by atoms with van der Waals surface area (Å²) < 4.78 is 2.06. The molecule has 5 aliphatic carbocycles. The van der Waals surface area contributed by atoms with Crippen molar-refractivity contribution in [2.45, 2.75) is 111 Å². The molecule has 7 rings (SSSR count). The molecule has 5 aliphatic rings. The number of aromatic carboxylic acids is 1. The van der Waals surface area contributed by atoms with Crippen LogP contribution in [0.2, 0.25) is 0 Å². The monoisotopic (exact) mass is 654 g/mol. The summed E-state index contributed by atoms with van der Waals surface area (Å²) in [4.78, 5) is 15.9. The fourth-order valence-electron chi connectivity index (χ4n) is 12.8. The predicted octanol–water partition coefficient (Wildman–Crippen LogP) is 9.61. The van der Waals surface area contributed by atoms with E-state index in [4.69, 9.17) is 0 Å². The number of nitrogens with zero attached hydrogens (tertiary/aromatic N) is 2. The second kappa shape index (κ2) is 12.8. The van der Waals surface area contributed by atoms with Gasteiger partial charge >= 0.3 is 5.97 Å². The van der Waals surface area contributed by atoms with E-state index in [0.29, 0.717) is 27.9 Å². The second-order valence-electron chi connectivity index (χ2n) is 17.4. The number of hydrogen-bond acceptors (Lipinski definition) is 4. The molecule has 6 heteroatoms. The highest BCUT2D eigenvalue weighted by molar-refractivity contribution is 5.88. The molecule has 8 atom stereocenters. The molecule has 0 radical (unpaired) electrons. The summed E-state index contributed by atoms with van der Waals surface area (Å²) in [5.41, 5.74) is 4.37. The smallest absolute Gasteiger partial charge is 0.335 e. The topological polar surface area (TPSA) is 79.2 Å². The van der Waals surface area contributed by atoms with E-state index in [1.54, 1.807) is 18.2 Å². The number of rotatable bonds is 7. The molecule has 3 N–H and O–H groups in total. The van der Waals surface area contributed by atoms with Gasteiger partial charge in [0.1, 0.15) is 0 Å². The van der Waals surface area contributed by atoms with E-state index in [1.165, 1.54) is 68.9 Å². The van der Waals surface area contributed by atoms with E-state index in [9.17, 15) is 9.90 Å². The lowest BCUT2D eigenvalue weighted by Gasteiger charge is -2.72. The minimum Gasteiger partial charge on any atom is -0.478 e. The number of anilines is 1. The number of benzene rings is 1. The average molecular weight is 655 g/mol. The maximum absolute atomic E-state index is 11.5. The molecule has 2 aromatic rings. The first-order valence-electron chi connectivity index (χ1n) is 18.8. The van der Waals surface area contributed by atoms with Gasteiger partial charge in [0.25, 0.3) is 0 Å². The number of aryl methyl sites for hydroxylation is 1. The van der Waals surface area contributed by atoms with Crippen molar-refractivity contribution < 1.29 is 9.90 Å². The molecule has 7 unspecified atom stereocenters. The lowest BCUT2D eigenvalue weighted by Crippen LogP contribution is -2.67. The molecular weight excluding hydrogens is 592 g/mol. The fraction of sp³-hybridized carbons (Fsp3) is 0.667. The maximum atomic E-state index is 11.5. The molecule has 48 heavy (non-hydrogen) atoms. The highest BCUT2D eigenvalue weighted by atomic mass is 16.4. The summed E-state index contributed by atoms with van der Waals surface area (Å²) in [5.74, 6) is 3.06. The summed E-state index contributed by atoms with van der Waals surface area (Å²) in [6.45, 7) is 20.2. The Balaban J connectivity index is 0.00000129. The van der Waals surface area contributed by atoms with Crippen molar-refractivity contribution in [3.05, 3.63) is 66.5 Å². The summed E-state index contributed by atoms with van der Waals surface area (Å²) in [6.07, 6.45) is 21.4. The molecule has 1 heterocycles. The van der Waals surface area contributed by atoms with E-state index in [0.717, 1.165) is 43.2 Å². The zero-order valence-electron chi connectivity index (χ0n) is 30.9. The van der Waals surface area contributed by atoms with Crippen LogP contribution in [0, 0.1) is 45.3 Å². The maximum Gasteiger partial charge on any atom is 0.335 e. The Kier molecular flexibility index (Phi) is 9.32. The van der Waals surface area contributed by atoms with Crippen molar-refractivity contribution in [1.29, 1.82) is 0 Å². The van der Waals surface area contributed by atoms with Crippen molar-refractivity contribution in [3.63, 3.8) is 0 Å². The normalized spacial score (nSPS) is 37.8. The van der Waals surface area contributed by atoms with Crippen LogP contribution in [0.5, 0.6) is 0 Å². The van der Waals surface area contributed by atoms with Gasteiger partial charge < -0.3 is 20.3 Å². The minimum absolute atomic E-state index is 0.0525. The van der Waals surface area contributed by atoms with Crippen LogP contribution in [-0.2, 0) is 7.05 Å². The first-order valence-corrected chi connectivity index (χ1v) is 18.8. The quantitative estimate of drug-likeness (QED) is 0.205. The van der Waals surface area contributed by atoms with Gasteiger partial charge in [-0.25, -0.2) is 9.78 Å². The Hall–Kier alpha value is -2.86. The van der Waals surface area contributed by atoms with Gasteiger partial charge in [-0.05, 0) is 133 Å². The van der Waals surface area contributed by atoms with Gasteiger partial charge in [0, 0.05) is 38.1 Å². The van der Waals surface area contributed by atoms with Crippen LogP contribution < -0.4 is 10.6 Å². The highest BCUT2D eigenvalue weighted by Gasteiger charge is 2.69. The molecule has 0 saturated heterocycles. The summed E-state index contributed by atoms with van der Waals surface area (Å²) in [6, 6.07) is 7.63. The number of carbonyl (C=O) groups is 1. The Labute approximate surface area is 290 Å². The lowest BCUT2D eigenvalue weighted by atomic mass is 9.33. The number of nitrogens with one attached hydrogen (secondary N) is 2. The Morgan fingerprint density at radius 1 is 0.958 bits per heavy atom. The zero-order chi connectivity index (χ0) is 34.5. The van der Waals surface area contributed by atoms with E-state index in [-0.39, 0.29) is 10.8 Å². The van der Waals surface area contributed by atoms with Crippen LogP contribution in [0.25, 0.3) is 5.57 Å². The predicted molar refractivity (Wildman–Crippen MR) is 198 cm³/mol. The van der Waals surface area contributed by atoms with Crippen molar-refractivity contribution in [1.82, 2.24) is 14.9 Å². The van der Waals surface area contributed by atoms with Crippen molar-refractivity contribution >= 4 is 17.5 Å². The second-order valence-corrected chi connectivity index (χ2v) is 17.4. The standard InChI is InChI=1S/C39H56N4O2.C3H6/c1-35(2)28(26-9-11-27(12-10-26)33(44)45)15-18-36(3)31(35)16-19-38(5)32(36)14-13-29-30-8-7-17-39(30,21-20-37(29,38)4)42-23-22-40-34-41-24-25-43(34)6;1-3-2/h9-12,15,24-25,29-32,42H,7-8,13-14,16-23H2,1-6H3,(H,40,41)(H,44,45);3H,1H2,2H3/t29?,30?,31?,32?,36?,37-,38?,39?;/m1./s1.